The van der Waals surface area contributed by atoms with E-state index in [2.05, 4.69) is 0 Å². The molecule has 0 unspecified atom stereocenters. The van der Waals surface area contributed by atoms with E-state index in [4.69, 9.17) is 4.42 Å². The molecule has 0 aliphatic rings. The summed E-state index contributed by atoms with van der Waals surface area (Å²) in [6.45, 7) is 5.27. The molecule has 0 bridgehead atoms. The van der Waals surface area contributed by atoms with Crippen LogP contribution in [0.1, 0.15) is 25.0 Å². The first kappa shape index (κ1) is 19.2. The fourth-order valence-corrected chi connectivity index (χ4v) is 2.97. The van der Waals surface area contributed by atoms with Gasteiger partial charge in [-0.2, -0.15) is 0 Å². The number of phenolic OH excluding ortho intramolecular Hbond substituents is 4. The van der Waals surface area contributed by atoms with E-state index < -0.39 is 22.7 Å². The van der Waals surface area contributed by atoms with Crippen LogP contribution in [-0.4, -0.2) is 25.5 Å². The molecule has 0 aliphatic heterocycles. The number of allylic oxidation sites excluding steroid dienone is 2. The van der Waals surface area contributed by atoms with Crippen molar-refractivity contribution < 1.29 is 29.9 Å². The van der Waals surface area contributed by atoms with E-state index in [1.807, 2.05) is 19.9 Å². The fraction of sp³-hybridized carbons (Fsp3) is 0.190. The van der Waals surface area contributed by atoms with E-state index in [9.17, 15) is 30.3 Å². The zero-order chi connectivity index (χ0) is 20.7. The quantitative estimate of drug-likeness (QED) is 0.343. The minimum absolute atomic E-state index is 0.0713. The van der Waals surface area contributed by atoms with Gasteiger partial charge < -0.3 is 29.9 Å². The molecule has 3 rings (SSSR count). The first-order valence-corrected chi connectivity index (χ1v) is 8.51. The second-order valence-corrected chi connectivity index (χ2v) is 6.85. The minimum Gasteiger partial charge on any atom is -0.507 e. The molecule has 3 aromatic rings. The van der Waals surface area contributed by atoms with Crippen molar-refractivity contribution >= 4 is 11.0 Å². The van der Waals surface area contributed by atoms with E-state index in [0.717, 1.165) is 17.7 Å². The average molecular weight is 384 g/mol. The standard InChI is InChI=1S/C21H20O7/c1-9(2)4-5-12-13(22)8-14(23)16-18(26)19(27)20(28-21(12)16)11-6-10(3)17(25)15(24)7-11/h4,6-8,22-25,27H,5H2,1-3H3. The van der Waals surface area contributed by atoms with Gasteiger partial charge in [0.05, 0.1) is 0 Å². The number of hydrogen-bond acceptors (Lipinski definition) is 7. The Balaban J connectivity index is 2.41. The molecular formula is C21H20O7. The van der Waals surface area contributed by atoms with E-state index in [1.165, 1.54) is 13.0 Å². The van der Waals surface area contributed by atoms with Crippen LogP contribution in [0.4, 0.5) is 0 Å². The Kier molecular flexibility index (Phi) is 4.68. The molecule has 0 saturated carbocycles. The zero-order valence-corrected chi connectivity index (χ0v) is 15.6. The predicted molar refractivity (Wildman–Crippen MR) is 104 cm³/mol. The number of rotatable bonds is 3. The number of aromatic hydroxyl groups is 5. The summed E-state index contributed by atoms with van der Waals surface area (Å²) in [6.07, 6.45) is 2.05. The summed E-state index contributed by atoms with van der Waals surface area (Å²) in [5.74, 6) is -2.56. The molecule has 0 radical (unpaired) electrons. The van der Waals surface area contributed by atoms with Crippen LogP contribution in [0.15, 0.2) is 39.1 Å². The Bertz CT molecular complexity index is 1160. The molecule has 1 heterocycles. The normalized spacial score (nSPS) is 11.0. The molecule has 0 atom stereocenters. The van der Waals surface area contributed by atoms with Crippen molar-refractivity contribution in [3.05, 3.63) is 51.2 Å². The van der Waals surface area contributed by atoms with Gasteiger partial charge in [0, 0.05) is 17.2 Å². The van der Waals surface area contributed by atoms with Gasteiger partial charge in [0.1, 0.15) is 22.5 Å². The number of benzene rings is 2. The van der Waals surface area contributed by atoms with Crippen molar-refractivity contribution in [2.24, 2.45) is 0 Å². The molecule has 2 aromatic carbocycles. The summed E-state index contributed by atoms with van der Waals surface area (Å²) in [7, 11) is 0. The van der Waals surface area contributed by atoms with Gasteiger partial charge in [-0.3, -0.25) is 4.79 Å². The van der Waals surface area contributed by atoms with Gasteiger partial charge in [-0.1, -0.05) is 11.6 Å². The molecular weight excluding hydrogens is 364 g/mol. The molecule has 0 amide bonds. The summed E-state index contributed by atoms with van der Waals surface area (Å²) in [5, 5.41) is 50.1. The van der Waals surface area contributed by atoms with Crippen LogP contribution in [-0.2, 0) is 6.42 Å². The van der Waals surface area contributed by atoms with Crippen LogP contribution in [0.5, 0.6) is 28.7 Å². The SMILES string of the molecule is CC(C)=CCc1c(O)cc(O)c2c(=O)c(O)c(-c3cc(C)c(O)c(O)c3)oc12. The van der Waals surface area contributed by atoms with E-state index in [0.29, 0.717) is 5.56 Å². The van der Waals surface area contributed by atoms with Crippen LogP contribution in [0, 0.1) is 6.92 Å². The highest BCUT2D eigenvalue weighted by Crippen LogP contribution is 2.41. The summed E-state index contributed by atoms with van der Waals surface area (Å²) in [4.78, 5) is 12.7. The molecule has 0 aliphatic carbocycles. The Morgan fingerprint density at radius 3 is 2.25 bits per heavy atom. The lowest BCUT2D eigenvalue weighted by atomic mass is 10.0. The summed E-state index contributed by atoms with van der Waals surface area (Å²) in [6, 6.07) is 3.60. The molecule has 146 valence electrons. The van der Waals surface area contributed by atoms with E-state index in [-0.39, 0.29) is 45.8 Å². The van der Waals surface area contributed by atoms with Crippen molar-refractivity contribution in [3.63, 3.8) is 0 Å². The average Bonchev–Trinajstić information content (AvgIpc) is 2.61. The Hall–Kier alpha value is -3.61. The van der Waals surface area contributed by atoms with E-state index >= 15 is 0 Å². The van der Waals surface area contributed by atoms with Gasteiger partial charge in [-0.15, -0.1) is 0 Å². The lowest BCUT2D eigenvalue weighted by Crippen LogP contribution is -2.05. The second kappa shape index (κ2) is 6.84. The zero-order valence-electron chi connectivity index (χ0n) is 15.6. The third-order valence-electron chi connectivity index (χ3n) is 4.46. The monoisotopic (exact) mass is 384 g/mol. The van der Waals surface area contributed by atoms with Crippen LogP contribution >= 0.6 is 0 Å². The lowest BCUT2D eigenvalue weighted by molar-refractivity contribution is 0.401. The van der Waals surface area contributed by atoms with E-state index in [1.54, 1.807) is 0 Å². The third kappa shape index (κ3) is 3.11. The van der Waals surface area contributed by atoms with Crippen molar-refractivity contribution in [2.45, 2.75) is 27.2 Å². The van der Waals surface area contributed by atoms with Gasteiger partial charge in [-0.25, -0.2) is 0 Å². The summed E-state index contributed by atoms with van der Waals surface area (Å²) >= 11 is 0. The van der Waals surface area contributed by atoms with Gasteiger partial charge in [-0.05, 0) is 44.9 Å². The Morgan fingerprint density at radius 2 is 1.64 bits per heavy atom. The third-order valence-corrected chi connectivity index (χ3v) is 4.46. The van der Waals surface area contributed by atoms with Crippen LogP contribution in [0.3, 0.4) is 0 Å². The van der Waals surface area contributed by atoms with Gasteiger partial charge >= 0.3 is 0 Å². The van der Waals surface area contributed by atoms with Crippen LogP contribution in [0.2, 0.25) is 0 Å². The Morgan fingerprint density at radius 1 is 0.964 bits per heavy atom. The molecule has 7 heteroatoms. The van der Waals surface area contributed by atoms with Crippen molar-refractivity contribution in [3.8, 4) is 40.1 Å². The highest BCUT2D eigenvalue weighted by atomic mass is 16.4. The molecule has 0 spiro atoms. The minimum atomic E-state index is -0.877. The molecule has 28 heavy (non-hydrogen) atoms. The van der Waals surface area contributed by atoms with Gasteiger partial charge in [0.25, 0.3) is 0 Å². The number of fused-ring (bicyclic) bond motifs is 1. The van der Waals surface area contributed by atoms with Crippen molar-refractivity contribution in [1.82, 2.24) is 0 Å². The fourth-order valence-electron chi connectivity index (χ4n) is 2.97. The number of hydrogen-bond donors (Lipinski definition) is 5. The summed E-state index contributed by atoms with van der Waals surface area (Å²) < 4.78 is 5.74. The maximum absolute atomic E-state index is 12.7. The first-order valence-electron chi connectivity index (χ1n) is 8.51. The number of phenols is 4. The molecule has 5 N–H and O–H groups in total. The first-order chi connectivity index (χ1) is 13.1. The number of aryl methyl sites for hydroxylation is 1. The van der Waals surface area contributed by atoms with Gasteiger partial charge in [0.15, 0.2) is 17.3 Å². The van der Waals surface area contributed by atoms with Crippen molar-refractivity contribution in [1.29, 1.82) is 0 Å². The maximum Gasteiger partial charge on any atom is 0.238 e. The largest absolute Gasteiger partial charge is 0.507 e. The van der Waals surface area contributed by atoms with Crippen LogP contribution < -0.4 is 5.43 Å². The lowest BCUT2D eigenvalue weighted by Gasteiger charge is -2.12. The highest BCUT2D eigenvalue weighted by molar-refractivity contribution is 5.91. The molecule has 1 aromatic heterocycles. The smallest absolute Gasteiger partial charge is 0.238 e. The van der Waals surface area contributed by atoms with Crippen LogP contribution in [0.25, 0.3) is 22.3 Å². The summed E-state index contributed by atoms with van der Waals surface area (Å²) in [5.41, 5.74) is 0.754. The Labute approximate surface area is 160 Å². The van der Waals surface area contributed by atoms with Crippen molar-refractivity contribution in [2.75, 3.05) is 0 Å². The maximum atomic E-state index is 12.7. The highest BCUT2D eigenvalue weighted by Gasteiger charge is 2.23. The second-order valence-electron chi connectivity index (χ2n) is 6.85. The topological polar surface area (TPSA) is 131 Å². The predicted octanol–water partition coefficient (Wildman–Crippen LogP) is 3.81. The molecule has 0 fully saturated rings. The molecule has 0 saturated heterocycles. The van der Waals surface area contributed by atoms with Gasteiger partial charge in [0.2, 0.25) is 11.2 Å². The molecule has 7 nitrogen and oxygen atoms in total.